The molecule has 2 heterocycles. The Kier molecular flexibility index (Phi) is 5.57. The van der Waals surface area contributed by atoms with Crippen LogP contribution in [-0.2, 0) is 16.1 Å². The van der Waals surface area contributed by atoms with Crippen LogP contribution in [0.4, 0.5) is 0 Å². The van der Waals surface area contributed by atoms with Gasteiger partial charge in [-0.3, -0.25) is 9.69 Å². The van der Waals surface area contributed by atoms with Crippen molar-refractivity contribution in [3.05, 3.63) is 34.9 Å². The molecule has 0 aromatic heterocycles. The van der Waals surface area contributed by atoms with E-state index in [9.17, 15) is 4.79 Å². The summed E-state index contributed by atoms with van der Waals surface area (Å²) in [4.78, 5) is 16.9. The number of piperidine rings is 2. The monoisotopic (exact) mass is 330 g/mol. The van der Waals surface area contributed by atoms with E-state index in [0.29, 0.717) is 30.9 Å². The highest BCUT2D eigenvalue weighted by Crippen LogP contribution is 2.32. The number of ether oxygens (including phenoxy) is 1. The first kappa shape index (κ1) is 17.4. The van der Waals surface area contributed by atoms with Crippen LogP contribution in [-0.4, -0.2) is 55.1 Å². The SMILES string of the molecule is COCCN1C(=O)CC[C@@H]2CN(Cc3cc(C)ccc3C)CC[C@@H]21. The van der Waals surface area contributed by atoms with Gasteiger partial charge in [0.05, 0.1) is 6.61 Å². The van der Waals surface area contributed by atoms with Gasteiger partial charge in [0.2, 0.25) is 5.91 Å². The van der Waals surface area contributed by atoms with Gasteiger partial charge in [0, 0.05) is 45.8 Å². The third-order valence-corrected chi connectivity index (χ3v) is 5.66. The molecule has 0 bridgehead atoms. The molecular weight excluding hydrogens is 300 g/mol. The summed E-state index contributed by atoms with van der Waals surface area (Å²) in [5.74, 6) is 0.926. The van der Waals surface area contributed by atoms with Crippen molar-refractivity contribution < 1.29 is 9.53 Å². The van der Waals surface area contributed by atoms with E-state index in [1.165, 1.54) is 16.7 Å². The Bertz CT molecular complexity index is 587. The van der Waals surface area contributed by atoms with Crippen molar-refractivity contribution in [1.29, 1.82) is 0 Å². The highest BCUT2D eigenvalue weighted by atomic mass is 16.5. The zero-order valence-electron chi connectivity index (χ0n) is 15.3. The molecule has 0 saturated carbocycles. The molecule has 4 nitrogen and oxygen atoms in total. The maximum absolute atomic E-state index is 12.3. The Morgan fingerprint density at radius 3 is 2.88 bits per heavy atom. The lowest BCUT2D eigenvalue weighted by atomic mass is 9.83. The number of methoxy groups -OCH3 is 1. The molecule has 2 aliphatic heterocycles. The Morgan fingerprint density at radius 2 is 2.08 bits per heavy atom. The number of hydrogen-bond acceptors (Lipinski definition) is 3. The van der Waals surface area contributed by atoms with Crippen LogP contribution in [0.1, 0.15) is 36.0 Å². The van der Waals surface area contributed by atoms with E-state index in [4.69, 9.17) is 4.74 Å². The topological polar surface area (TPSA) is 32.8 Å². The third-order valence-electron chi connectivity index (χ3n) is 5.66. The molecule has 24 heavy (non-hydrogen) atoms. The molecule has 1 aromatic carbocycles. The summed E-state index contributed by atoms with van der Waals surface area (Å²) in [5.41, 5.74) is 4.15. The average Bonchev–Trinajstić information content (AvgIpc) is 2.57. The smallest absolute Gasteiger partial charge is 0.222 e. The Balaban J connectivity index is 1.64. The fourth-order valence-corrected chi connectivity index (χ4v) is 4.26. The molecule has 3 rings (SSSR count). The van der Waals surface area contributed by atoms with Crippen LogP contribution in [0, 0.1) is 19.8 Å². The lowest BCUT2D eigenvalue weighted by Crippen LogP contribution is -2.56. The van der Waals surface area contributed by atoms with Crippen LogP contribution >= 0.6 is 0 Å². The summed E-state index contributed by atoms with van der Waals surface area (Å²) in [7, 11) is 1.71. The van der Waals surface area contributed by atoms with Crippen LogP contribution < -0.4 is 0 Å². The first-order valence-corrected chi connectivity index (χ1v) is 9.15. The highest BCUT2D eigenvalue weighted by molar-refractivity contribution is 5.77. The zero-order valence-corrected chi connectivity index (χ0v) is 15.3. The van der Waals surface area contributed by atoms with Gasteiger partial charge in [-0.05, 0) is 43.7 Å². The Labute approximate surface area is 145 Å². The van der Waals surface area contributed by atoms with Crippen LogP contribution in [0.25, 0.3) is 0 Å². The predicted octanol–water partition coefficient (Wildman–Crippen LogP) is 2.76. The van der Waals surface area contributed by atoms with Crippen molar-refractivity contribution in [3.63, 3.8) is 0 Å². The Morgan fingerprint density at radius 1 is 1.25 bits per heavy atom. The quantitative estimate of drug-likeness (QED) is 0.832. The summed E-state index contributed by atoms with van der Waals surface area (Å²) in [6.07, 6.45) is 2.82. The number of nitrogens with zero attached hydrogens (tertiary/aromatic N) is 2. The zero-order chi connectivity index (χ0) is 17.1. The second-order valence-corrected chi connectivity index (χ2v) is 7.40. The van der Waals surface area contributed by atoms with Crippen molar-refractivity contribution in [3.8, 4) is 0 Å². The van der Waals surface area contributed by atoms with Crippen LogP contribution in [0.3, 0.4) is 0 Å². The van der Waals surface area contributed by atoms with Gasteiger partial charge in [0.25, 0.3) is 0 Å². The molecule has 1 aromatic rings. The third kappa shape index (κ3) is 3.81. The number of carbonyl (C=O) groups is 1. The molecule has 0 N–H and O–H groups in total. The number of aryl methyl sites for hydroxylation is 2. The van der Waals surface area contributed by atoms with Gasteiger partial charge in [0.15, 0.2) is 0 Å². The standard InChI is InChI=1S/C20H30N2O2/c1-15-4-5-16(2)18(12-15)14-21-9-8-19-17(13-21)6-7-20(23)22(19)10-11-24-3/h4-5,12,17,19H,6-11,13-14H2,1-3H3/t17-,19+/m1/s1. The van der Waals surface area contributed by atoms with E-state index in [2.05, 4.69) is 41.8 Å². The summed E-state index contributed by atoms with van der Waals surface area (Å²) < 4.78 is 5.19. The number of benzene rings is 1. The van der Waals surface area contributed by atoms with E-state index >= 15 is 0 Å². The van der Waals surface area contributed by atoms with Gasteiger partial charge in [-0.1, -0.05) is 23.8 Å². The molecule has 2 fully saturated rings. The van der Waals surface area contributed by atoms with Crippen molar-refractivity contribution in [2.75, 3.05) is 33.4 Å². The van der Waals surface area contributed by atoms with Gasteiger partial charge in [0.1, 0.15) is 0 Å². The normalized spacial score (nSPS) is 25.0. The Hall–Kier alpha value is -1.39. The van der Waals surface area contributed by atoms with Gasteiger partial charge >= 0.3 is 0 Å². The molecule has 4 heteroatoms. The first-order valence-electron chi connectivity index (χ1n) is 9.15. The number of rotatable bonds is 5. The minimum Gasteiger partial charge on any atom is -0.383 e. The molecule has 1 amide bonds. The molecule has 0 spiro atoms. The predicted molar refractivity (Wildman–Crippen MR) is 95.9 cm³/mol. The lowest BCUT2D eigenvalue weighted by Gasteiger charge is -2.47. The maximum atomic E-state index is 12.3. The lowest BCUT2D eigenvalue weighted by molar-refractivity contribution is -0.142. The van der Waals surface area contributed by atoms with E-state index < -0.39 is 0 Å². The fourth-order valence-electron chi connectivity index (χ4n) is 4.26. The molecule has 2 aliphatic rings. The van der Waals surface area contributed by atoms with E-state index in [0.717, 1.165) is 39.0 Å². The first-order chi connectivity index (χ1) is 11.6. The molecule has 0 radical (unpaired) electrons. The number of carbonyl (C=O) groups excluding carboxylic acids is 1. The van der Waals surface area contributed by atoms with Gasteiger partial charge in [-0.15, -0.1) is 0 Å². The molecule has 132 valence electrons. The summed E-state index contributed by atoms with van der Waals surface area (Å²) in [5, 5.41) is 0. The molecular formula is C20H30N2O2. The van der Waals surface area contributed by atoms with E-state index in [1.54, 1.807) is 7.11 Å². The number of amides is 1. The van der Waals surface area contributed by atoms with Crippen molar-refractivity contribution in [1.82, 2.24) is 9.80 Å². The van der Waals surface area contributed by atoms with Gasteiger partial charge in [-0.25, -0.2) is 0 Å². The summed E-state index contributed by atoms with van der Waals surface area (Å²) in [6, 6.07) is 7.14. The van der Waals surface area contributed by atoms with E-state index in [1.807, 2.05) is 0 Å². The van der Waals surface area contributed by atoms with Crippen LogP contribution in [0.2, 0.25) is 0 Å². The van der Waals surface area contributed by atoms with E-state index in [-0.39, 0.29) is 0 Å². The van der Waals surface area contributed by atoms with Crippen LogP contribution in [0.5, 0.6) is 0 Å². The number of hydrogen-bond donors (Lipinski definition) is 0. The summed E-state index contributed by atoms with van der Waals surface area (Å²) >= 11 is 0. The molecule has 2 saturated heterocycles. The maximum Gasteiger partial charge on any atom is 0.222 e. The largest absolute Gasteiger partial charge is 0.383 e. The van der Waals surface area contributed by atoms with Crippen LogP contribution in [0.15, 0.2) is 18.2 Å². The minimum absolute atomic E-state index is 0.316. The average molecular weight is 330 g/mol. The van der Waals surface area contributed by atoms with Crippen molar-refractivity contribution in [2.45, 2.75) is 45.7 Å². The molecule has 0 aliphatic carbocycles. The summed E-state index contributed by atoms with van der Waals surface area (Å²) in [6.45, 7) is 8.96. The second-order valence-electron chi connectivity index (χ2n) is 7.40. The number of likely N-dealkylation sites (tertiary alicyclic amines) is 2. The second kappa shape index (κ2) is 7.66. The molecule has 2 atom stereocenters. The fraction of sp³-hybridized carbons (Fsp3) is 0.650. The van der Waals surface area contributed by atoms with Gasteiger partial charge < -0.3 is 9.64 Å². The highest BCUT2D eigenvalue weighted by Gasteiger charge is 2.38. The van der Waals surface area contributed by atoms with Crippen molar-refractivity contribution >= 4 is 5.91 Å². The van der Waals surface area contributed by atoms with Gasteiger partial charge in [-0.2, -0.15) is 0 Å². The minimum atomic E-state index is 0.316. The van der Waals surface area contributed by atoms with Crippen molar-refractivity contribution in [2.24, 2.45) is 5.92 Å². The molecule has 0 unspecified atom stereocenters. The number of fused-ring (bicyclic) bond motifs is 1.